The molecule has 0 aliphatic carbocycles. The quantitative estimate of drug-likeness (QED) is 0.818. The van der Waals surface area contributed by atoms with Gasteiger partial charge in [-0.15, -0.1) is 0 Å². The monoisotopic (exact) mass is 361 g/mol. The summed E-state index contributed by atoms with van der Waals surface area (Å²) in [4.78, 5) is 3.96. The molecule has 7 heteroatoms. The van der Waals surface area contributed by atoms with Crippen molar-refractivity contribution in [2.75, 3.05) is 13.3 Å². The molecule has 1 unspecified atom stereocenters. The predicted molar refractivity (Wildman–Crippen MR) is 89.2 cm³/mol. The molecule has 0 radical (unpaired) electrons. The fraction of sp³-hybridized carbons (Fsp3) is 0.211. The van der Waals surface area contributed by atoms with E-state index in [1.165, 1.54) is 24.3 Å². The number of aliphatic imine (C=N–C) groups is 1. The number of halogens is 3. The van der Waals surface area contributed by atoms with Crippen LogP contribution in [-0.4, -0.2) is 25.4 Å². The first kappa shape index (κ1) is 16.5. The maximum Gasteiger partial charge on any atom is 0.434 e. The van der Waals surface area contributed by atoms with Crippen LogP contribution >= 0.6 is 0 Å². The van der Waals surface area contributed by atoms with E-state index in [1.54, 1.807) is 6.08 Å². The number of alkyl halides is 3. The number of ether oxygens (including phenoxy) is 3. The fourth-order valence-corrected chi connectivity index (χ4v) is 2.86. The molecule has 0 spiro atoms. The molecule has 26 heavy (non-hydrogen) atoms. The van der Waals surface area contributed by atoms with E-state index in [0.29, 0.717) is 5.75 Å². The maximum absolute atomic E-state index is 13.9. The third-order valence-electron chi connectivity index (χ3n) is 4.25. The Morgan fingerprint density at radius 1 is 0.962 bits per heavy atom. The summed E-state index contributed by atoms with van der Waals surface area (Å²) in [5.74, 6) is 0.612. The molecular formula is C19H14F3NO3. The van der Waals surface area contributed by atoms with Gasteiger partial charge in [-0.3, -0.25) is 0 Å². The van der Waals surface area contributed by atoms with E-state index in [2.05, 4.69) is 4.99 Å². The van der Waals surface area contributed by atoms with E-state index >= 15 is 0 Å². The van der Waals surface area contributed by atoms with Crippen LogP contribution in [0.3, 0.4) is 0 Å². The lowest BCUT2D eigenvalue weighted by molar-refractivity contribution is -0.249. The molecule has 2 aliphatic rings. The van der Waals surface area contributed by atoms with Crippen molar-refractivity contribution in [2.45, 2.75) is 11.8 Å². The van der Waals surface area contributed by atoms with Crippen LogP contribution in [0.25, 0.3) is 6.08 Å². The zero-order chi connectivity index (χ0) is 18.2. The SMILES string of the molecule is FC(F)(F)C1(c2ccc3c(c2)OCO3)CN=C(/C=C/c2ccccc2)O1. The molecule has 2 aromatic rings. The summed E-state index contributed by atoms with van der Waals surface area (Å²) in [6.45, 7) is -0.565. The Labute approximate surface area is 147 Å². The first-order valence-electron chi connectivity index (χ1n) is 7.91. The average Bonchev–Trinajstić information content (AvgIpc) is 3.27. The second kappa shape index (κ2) is 6.09. The standard InChI is InChI=1S/C19H14F3NO3/c20-19(21,22)18(14-7-8-15-16(10-14)25-12-24-15)11-23-17(26-18)9-6-13-4-2-1-3-5-13/h1-10H,11-12H2/b9-6+. The van der Waals surface area contributed by atoms with E-state index in [1.807, 2.05) is 30.3 Å². The lowest BCUT2D eigenvalue weighted by Crippen LogP contribution is -2.45. The molecule has 2 aromatic carbocycles. The van der Waals surface area contributed by atoms with Gasteiger partial charge < -0.3 is 14.2 Å². The molecule has 0 aromatic heterocycles. The maximum atomic E-state index is 13.9. The number of hydrogen-bond acceptors (Lipinski definition) is 4. The van der Waals surface area contributed by atoms with Crippen molar-refractivity contribution in [2.24, 2.45) is 4.99 Å². The van der Waals surface area contributed by atoms with Gasteiger partial charge in [0, 0.05) is 11.6 Å². The van der Waals surface area contributed by atoms with Crippen LogP contribution in [0.15, 0.2) is 59.6 Å². The van der Waals surface area contributed by atoms with Crippen molar-refractivity contribution in [3.05, 3.63) is 65.7 Å². The minimum absolute atomic E-state index is 0.0137. The number of hydrogen-bond donors (Lipinski definition) is 0. The van der Waals surface area contributed by atoms with Gasteiger partial charge in [0.2, 0.25) is 18.3 Å². The summed E-state index contributed by atoms with van der Waals surface area (Å²) < 4.78 is 57.4. The Morgan fingerprint density at radius 2 is 1.73 bits per heavy atom. The van der Waals surface area contributed by atoms with Gasteiger partial charge in [0.25, 0.3) is 0 Å². The van der Waals surface area contributed by atoms with Gasteiger partial charge in [-0.05, 0) is 23.8 Å². The van der Waals surface area contributed by atoms with E-state index in [9.17, 15) is 13.2 Å². The Morgan fingerprint density at radius 3 is 2.50 bits per heavy atom. The Hall–Kier alpha value is -2.96. The van der Waals surface area contributed by atoms with Gasteiger partial charge in [-0.2, -0.15) is 13.2 Å². The van der Waals surface area contributed by atoms with Gasteiger partial charge in [0.15, 0.2) is 11.5 Å². The van der Waals surface area contributed by atoms with E-state index in [-0.39, 0.29) is 24.0 Å². The second-order valence-electron chi connectivity index (χ2n) is 5.89. The first-order chi connectivity index (χ1) is 12.5. The summed E-state index contributed by atoms with van der Waals surface area (Å²) in [7, 11) is 0. The second-order valence-corrected chi connectivity index (χ2v) is 5.89. The predicted octanol–water partition coefficient (Wildman–Crippen LogP) is 4.32. The van der Waals surface area contributed by atoms with Crippen molar-refractivity contribution in [1.82, 2.24) is 0 Å². The third-order valence-corrected chi connectivity index (χ3v) is 4.25. The smallest absolute Gasteiger partial charge is 0.434 e. The lowest BCUT2D eigenvalue weighted by Gasteiger charge is -2.30. The molecule has 134 valence electrons. The Bertz CT molecular complexity index is 877. The molecule has 4 rings (SSSR count). The van der Waals surface area contributed by atoms with Crippen LogP contribution in [0.2, 0.25) is 0 Å². The van der Waals surface area contributed by atoms with Crippen LogP contribution in [0, 0.1) is 0 Å². The molecule has 0 saturated heterocycles. The zero-order valence-corrected chi connectivity index (χ0v) is 13.5. The van der Waals surface area contributed by atoms with Crippen molar-refractivity contribution < 1.29 is 27.4 Å². The average molecular weight is 361 g/mol. The summed E-state index contributed by atoms with van der Waals surface area (Å²) in [6.07, 6.45) is -1.55. The zero-order valence-electron chi connectivity index (χ0n) is 13.5. The number of benzene rings is 2. The Kier molecular flexibility index (Phi) is 3.86. The third kappa shape index (κ3) is 2.79. The van der Waals surface area contributed by atoms with E-state index in [4.69, 9.17) is 14.2 Å². The largest absolute Gasteiger partial charge is 0.455 e. The van der Waals surface area contributed by atoms with Crippen LogP contribution in [-0.2, 0) is 10.3 Å². The van der Waals surface area contributed by atoms with Gasteiger partial charge in [-0.25, -0.2) is 4.99 Å². The molecule has 0 amide bonds. The molecule has 2 aliphatic heterocycles. The molecule has 2 heterocycles. The summed E-state index contributed by atoms with van der Waals surface area (Å²) in [6, 6.07) is 13.3. The molecule has 1 atom stereocenters. The van der Waals surface area contributed by atoms with Crippen molar-refractivity contribution in [3.63, 3.8) is 0 Å². The van der Waals surface area contributed by atoms with Crippen LogP contribution in [0.4, 0.5) is 13.2 Å². The summed E-state index contributed by atoms with van der Waals surface area (Å²) >= 11 is 0. The highest BCUT2D eigenvalue weighted by atomic mass is 19.4. The highest BCUT2D eigenvalue weighted by Crippen LogP contribution is 2.47. The van der Waals surface area contributed by atoms with Gasteiger partial charge in [0.1, 0.15) is 0 Å². The van der Waals surface area contributed by atoms with E-state index < -0.39 is 18.3 Å². The topological polar surface area (TPSA) is 40.0 Å². The molecule has 0 N–H and O–H groups in total. The molecule has 4 nitrogen and oxygen atoms in total. The molecule has 0 bridgehead atoms. The Balaban J connectivity index is 1.63. The number of nitrogens with zero attached hydrogens (tertiary/aromatic N) is 1. The van der Waals surface area contributed by atoms with Gasteiger partial charge >= 0.3 is 6.18 Å². The van der Waals surface area contributed by atoms with Crippen molar-refractivity contribution >= 4 is 12.0 Å². The first-order valence-corrected chi connectivity index (χ1v) is 7.91. The minimum Gasteiger partial charge on any atom is -0.455 e. The fourth-order valence-electron chi connectivity index (χ4n) is 2.86. The highest BCUT2D eigenvalue weighted by Gasteiger charge is 2.61. The van der Waals surface area contributed by atoms with Crippen LogP contribution in [0.5, 0.6) is 11.5 Å². The van der Waals surface area contributed by atoms with Crippen molar-refractivity contribution in [3.8, 4) is 11.5 Å². The molecular weight excluding hydrogens is 347 g/mol. The molecule has 0 saturated carbocycles. The van der Waals surface area contributed by atoms with Crippen molar-refractivity contribution in [1.29, 1.82) is 0 Å². The van der Waals surface area contributed by atoms with Crippen LogP contribution in [0.1, 0.15) is 11.1 Å². The molecule has 0 fully saturated rings. The normalized spacial score (nSPS) is 21.7. The number of fused-ring (bicyclic) bond motifs is 1. The van der Waals surface area contributed by atoms with Gasteiger partial charge in [-0.1, -0.05) is 36.4 Å². The lowest BCUT2D eigenvalue weighted by atomic mass is 9.93. The van der Waals surface area contributed by atoms with Gasteiger partial charge in [0.05, 0.1) is 6.54 Å². The number of rotatable bonds is 3. The highest BCUT2D eigenvalue weighted by molar-refractivity contribution is 5.93. The van der Waals surface area contributed by atoms with E-state index in [0.717, 1.165) is 5.56 Å². The van der Waals surface area contributed by atoms with Crippen LogP contribution < -0.4 is 9.47 Å². The minimum atomic E-state index is -4.65. The summed E-state index contributed by atoms with van der Waals surface area (Å²) in [5.41, 5.74) is -1.77. The summed E-state index contributed by atoms with van der Waals surface area (Å²) in [5, 5.41) is 0.